The molecule has 6 heteroatoms. The summed E-state index contributed by atoms with van der Waals surface area (Å²) >= 11 is 0. The molecule has 0 amide bonds. The number of halogens is 2. The van der Waals surface area contributed by atoms with Gasteiger partial charge in [-0.1, -0.05) is 18.2 Å². The second kappa shape index (κ2) is 7.47. The van der Waals surface area contributed by atoms with Crippen LogP contribution in [0.25, 0.3) is 5.57 Å². The van der Waals surface area contributed by atoms with Crippen LogP contribution in [0, 0.1) is 6.92 Å². The Labute approximate surface area is 139 Å². The molecule has 0 bridgehead atoms. The summed E-state index contributed by atoms with van der Waals surface area (Å²) in [4.78, 5) is 11.7. The summed E-state index contributed by atoms with van der Waals surface area (Å²) in [6.07, 6.45) is 2.58. The highest BCUT2D eigenvalue weighted by Crippen LogP contribution is 2.37. The summed E-state index contributed by atoms with van der Waals surface area (Å²) in [5, 5.41) is 0. The number of esters is 1. The normalized spacial score (nSPS) is 17.0. The Morgan fingerprint density at radius 3 is 2.62 bits per heavy atom. The summed E-state index contributed by atoms with van der Waals surface area (Å²) in [5.74, 6) is -2.95. The van der Waals surface area contributed by atoms with Crippen molar-refractivity contribution in [2.75, 3.05) is 14.2 Å². The molecule has 0 saturated heterocycles. The molecule has 0 aromatic heterocycles. The number of allylic oxidation sites excluding steroid dienone is 2. The van der Waals surface area contributed by atoms with E-state index in [1.54, 1.807) is 12.1 Å². The van der Waals surface area contributed by atoms with Gasteiger partial charge in [-0.05, 0) is 36.1 Å². The van der Waals surface area contributed by atoms with E-state index in [0.717, 1.165) is 23.0 Å². The number of benzene rings is 1. The Morgan fingerprint density at radius 2 is 2.04 bits per heavy atom. The third kappa shape index (κ3) is 4.34. The molecule has 0 heterocycles. The minimum Gasteiger partial charge on any atom is -0.500 e. The first-order valence-corrected chi connectivity index (χ1v) is 7.53. The van der Waals surface area contributed by atoms with Crippen LogP contribution in [0.2, 0.25) is 0 Å². The standard InChI is InChI=1S/C18H20F2O4/c1-12-4-5-14(13-6-8-18(19,20)9-7-13)10-15(12)24-16(11-22-2)17(21)23-3/h4-6,10-11H,7-9H2,1-3H3/b16-11-. The molecule has 1 aromatic rings. The molecule has 0 fully saturated rings. The van der Waals surface area contributed by atoms with Gasteiger partial charge in [-0.15, -0.1) is 0 Å². The molecule has 1 aliphatic rings. The zero-order valence-corrected chi connectivity index (χ0v) is 13.9. The Kier molecular flexibility index (Phi) is 5.59. The van der Waals surface area contributed by atoms with Gasteiger partial charge in [-0.3, -0.25) is 0 Å². The van der Waals surface area contributed by atoms with Gasteiger partial charge >= 0.3 is 5.97 Å². The molecular formula is C18H20F2O4. The van der Waals surface area contributed by atoms with Crippen LogP contribution in [0.3, 0.4) is 0 Å². The highest BCUT2D eigenvalue weighted by Gasteiger charge is 2.31. The van der Waals surface area contributed by atoms with Gasteiger partial charge in [0.15, 0.2) is 0 Å². The molecule has 4 nitrogen and oxygen atoms in total. The first-order chi connectivity index (χ1) is 11.4. The predicted molar refractivity (Wildman–Crippen MR) is 85.7 cm³/mol. The van der Waals surface area contributed by atoms with Crippen LogP contribution >= 0.6 is 0 Å². The molecule has 0 N–H and O–H groups in total. The predicted octanol–water partition coefficient (Wildman–Crippen LogP) is 4.24. The Morgan fingerprint density at radius 1 is 1.29 bits per heavy atom. The maximum Gasteiger partial charge on any atom is 0.377 e. The van der Waals surface area contributed by atoms with Gasteiger partial charge in [0, 0.05) is 12.8 Å². The second-order valence-corrected chi connectivity index (χ2v) is 5.58. The zero-order chi connectivity index (χ0) is 17.7. The number of ether oxygens (including phenoxy) is 3. The second-order valence-electron chi connectivity index (χ2n) is 5.58. The smallest absolute Gasteiger partial charge is 0.377 e. The van der Waals surface area contributed by atoms with E-state index in [9.17, 15) is 13.6 Å². The zero-order valence-electron chi connectivity index (χ0n) is 13.9. The van der Waals surface area contributed by atoms with Crippen LogP contribution < -0.4 is 4.74 Å². The highest BCUT2D eigenvalue weighted by atomic mass is 19.3. The lowest BCUT2D eigenvalue weighted by molar-refractivity contribution is -0.138. The highest BCUT2D eigenvalue weighted by molar-refractivity contribution is 5.86. The van der Waals surface area contributed by atoms with E-state index in [2.05, 4.69) is 4.74 Å². The molecule has 24 heavy (non-hydrogen) atoms. The quantitative estimate of drug-likeness (QED) is 0.458. The van der Waals surface area contributed by atoms with E-state index in [0.29, 0.717) is 12.2 Å². The molecule has 0 unspecified atom stereocenters. The van der Waals surface area contributed by atoms with Gasteiger partial charge in [0.25, 0.3) is 5.92 Å². The van der Waals surface area contributed by atoms with Gasteiger partial charge in [-0.25, -0.2) is 13.6 Å². The molecule has 0 spiro atoms. The molecule has 0 radical (unpaired) electrons. The number of carbonyl (C=O) groups is 1. The van der Waals surface area contributed by atoms with E-state index in [-0.39, 0.29) is 18.6 Å². The molecule has 0 saturated carbocycles. The number of rotatable bonds is 5. The third-order valence-electron chi connectivity index (χ3n) is 3.80. The molecule has 0 atom stereocenters. The summed E-state index contributed by atoms with van der Waals surface area (Å²) in [6, 6.07) is 5.41. The number of methoxy groups -OCH3 is 2. The Bertz CT molecular complexity index is 678. The fourth-order valence-electron chi connectivity index (χ4n) is 2.41. The van der Waals surface area contributed by atoms with E-state index >= 15 is 0 Å². The van der Waals surface area contributed by atoms with Gasteiger partial charge in [0.1, 0.15) is 12.0 Å². The van der Waals surface area contributed by atoms with E-state index < -0.39 is 11.9 Å². The van der Waals surface area contributed by atoms with E-state index in [1.165, 1.54) is 14.2 Å². The monoisotopic (exact) mass is 338 g/mol. The van der Waals surface area contributed by atoms with Crippen molar-refractivity contribution in [3.63, 3.8) is 0 Å². The lowest BCUT2D eigenvalue weighted by Crippen LogP contribution is -2.18. The van der Waals surface area contributed by atoms with Gasteiger partial charge in [-0.2, -0.15) is 0 Å². The summed E-state index contributed by atoms with van der Waals surface area (Å²) in [5.41, 5.74) is 2.44. The molecule has 0 aliphatic heterocycles. The summed E-state index contributed by atoms with van der Waals surface area (Å²) in [6.45, 7) is 1.82. The van der Waals surface area contributed by atoms with Crippen molar-refractivity contribution in [1.29, 1.82) is 0 Å². The average Bonchev–Trinajstić information content (AvgIpc) is 2.55. The van der Waals surface area contributed by atoms with Crippen molar-refractivity contribution in [2.45, 2.75) is 32.1 Å². The number of aryl methyl sites for hydroxylation is 1. The summed E-state index contributed by atoms with van der Waals surface area (Å²) in [7, 11) is 2.63. The van der Waals surface area contributed by atoms with Gasteiger partial charge in [0.2, 0.25) is 5.76 Å². The first kappa shape index (κ1) is 18.0. The van der Waals surface area contributed by atoms with E-state index in [4.69, 9.17) is 9.47 Å². The SMILES string of the molecule is CO/C=C(\Oc1cc(C2=CCC(F)(F)CC2)ccc1C)C(=O)OC. The minimum atomic E-state index is -2.63. The van der Waals surface area contributed by atoms with Crippen LogP contribution in [0.4, 0.5) is 8.78 Å². The van der Waals surface area contributed by atoms with Crippen molar-refractivity contribution < 1.29 is 27.8 Å². The summed E-state index contributed by atoms with van der Waals surface area (Å²) < 4.78 is 41.6. The average molecular weight is 338 g/mol. The number of hydrogen-bond acceptors (Lipinski definition) is 4. The van der Waals surface area contributed by atoms with Crippen molar-refractivity contribution >= 4 is 11.5 Å². The molecule has 130 valence electrons. The number of alkyl halides is 2. The maximum atomic E-state index is 13.3. The Balaban J connectivity index is 2.27. The van der Waals surface area contributed by atoms with Crippen LogP contribution in [0.5, 0.6) is 5.75 Å². The Hall–Kier alpha value is -2.37. The van der Waals surface area contributed by atoms with Crippen molar-refractivity contribution in [3.05, 3.63) is 47.4 Å². The van der Waals surface area contributed by atoms with Crippen molar-refractivity contribution in [1.82, 2.24) is 0 Å². The fourth-order valence-corrected chi connectivity index (χ4v) is 2.41. The van der Waals surface area contributed by atoms with Crippen molar-refractivity contribution in [2.24, 2.45) is 0 Å². The fraction of sp³-hybridized carbons (Fsp3) is 0.389. The molecule has 1 aliphatic carbocycles. The van der Waals surface area contributed by atoms with Gasteiger partial charge in [0.05, 0.1) is 14.2 Å². The van der Waals surface area contributed by atoms with Crippen molar-refractivity contribution in [3.8, 4) is 5.75 Å². The van der Waals surface area contributed by atoms with E-state index in [1.807, 2.05) is 19.1 Å². The lowest BCUT2D eigenvalue weighted by atomic mass is 9.91. The van der Waals surface area contributed by atoms with Crippen LogP contribution in [-0.2, 0) is 14.3 Å². The molecular weight excluding hydrogens is 318 g/mol. The lowest BCUT2D eigenvalue weighted by Gasteiger charge is -2.22. The molecule has 2 rings (SSSR count). The van der Waals surface area contributed by atoms with Crippen LogP contribution in [-0.4, -0.2) is 26.1 Å². The molecule has 1 aromatic carbocycles. The van der Waals surface area contributed by atoms with Gasteiger partial charge < -0.3 is 14.2 Å². The first-order valence-electron chi connectivity index (χ1n) is 7.53. The number of carbonyl (C=O) groups excluding carboxylic acids is 1. The largest absolute Gasteiger partial charge is 0.500 e. The van der Waals surface area contributed by atoms with Crippen LogP contribution in [0.1, 0.15) is 30.4 Å². The number of hydrogen-bond donors (Lipinski definition) is 0. The third-order valence-corrected chi connectivity index (χ3v) is 3.80. The topological polar surface area (TPSA) is 44.8 Å². The minimum absolute atomic E-state index is 0.0931. The van der Waals surface area contributed by atoms with Crippen LogP contribution in [0.15, 0.2) is 36.3 Å². The maximum absolute atomic E-state index is 13.3.